The fourth-order valence-corrected chi connectivity index (χ4v) is 0.542. The summed E-state index contributed by atoms with van der Waals surface area (Å²) in [6, 6.07) is 0. The molecule has 0 atom stereocenters. The number of halogens is 5. The van der Waals surface area contributed by atoms with Crippen LogP contribution in [0.5, 0.6) is 0 Å². The molecule has 1 aromatic heterocycles. The van der Waals surface area contributed by atoms with E-state index >= 15 is 0 Å². The number of hydrogen-bond donors (Lipinski definition) is 0. The Morgan fingerprint density at radius 2 is 1.25 bits per heavy atom. The van der Waals surface area contributed by atoms with Crippen molar-refractivity contribution >= 4 is 0 Å². The molecule has 0 radical (unpaired) electrons. The number of rotatable bonds is 0. The van der Waals surface area contributed by atoms with Crippen molar-refractivity contribution in [3.63, 3.8) is 0 Å². The molecule has 2 nitrogen and oxygen atoms in total. The van der Waals surface area contributed by atoms with Gasteiger partial charge in [-0.3, -0.25) is 4.79 Å². The zero-order valence-electron chi connectivity index (χ0n) is 5.25. The Hall–Kier alpha value is -1.40. The molecule has 0 saturated heterocycles. The van der Waals surface area contributed by atoms with E-state index in [1.54, 1.807) is 0 Å². The third-order valence-corrected chi connectivity index (χ3v) is 1.11. The summed E-state index contributed by atoms with van der Waals surface area (Å²) >= 11 is 0. The standard InChI is InChI=1S/C5F5NO/c6-1-3(12)2(7)5(9)11(10)4(1)8. The minimum atomic E-state index is -2.39. The average Bonchev–Trinajstić information content (AvgIpc) is 2.08. The monoisotopic (exact) mass is 185 g/mol. The van der Waals surface area contributed by atoms with Gasteiger partial charge >= 0.3 is 0 Å². The van der Waals surface area contributed by atoms with Crippen LogP contribution in [0.15, 0.2) is 4.79 Å². The van der Waals surface area contributed by atoms with Gasteiger partial charge in [-0.2, -0.15) is 17.6 Å². The predicted octanol–water partition coefficient (Wildman–Crippen LogP) is 1.14. The maximum Gasteiger partial charge on any atom is 0.265 e. The SMILES string of the molecule is O=c1c(F)c(F)n(F)c(F)c1F. The fraction of sp³-hybridized carbons (Fsp3) is 0. The molecule has 1 heterocycles. The van der Waals surface area contributed by atoms with Gasteiger partial charge in [-0.15, -0.1) is 4.79 Å². The van der Waals surface area contributed by atoms with Crippen LogP contribution in [0.25, 0.3) is 0 Å². The molecule has 7 heteroatoms. The first-order chi connectivity index (χ1) is 5.46. The Bertz CT molecular complexity index is 352. The van der Waals surface area contributed by atoms with Gasteiger partial charge in [-0.25, -0.2) is 0 Å². The van der Waals surface area contributed by atoms with Crippen LogP contribution in [0.1, 0.15) is 0 Å². The van der Waals surface area contributed by atoms with Crippen molar-refractivity contribution in [3.05, 3.63) is 33.8 Å². The summed E-state index contributed by atoms with van der Waals surface area (Å²) in [5, 5.41) is 0. The Labute approximate surface area is 61.8 Å². The number of hydrogen-bond acceptors (Lipinski definition) is 1. The summed E-state index contributed by atoms with van der Waals surface area (Å²) in [6.45, 7) is 0. The zero-order chi connectivity index (χ0) is 9.46. The minimum Gasteiger partial charge on any atom is -0.283 e. The number of pyridine rings is 1. The quantitative estimate of drug-likeness (QED) is 0.438. The number of nitrogens with zero attached hydrogens (tertiary/aromatic N) is 1. The fourth-order valence-electron chi connectivity index (χ4n) is 0.542. The normalized spacial score (nSPS) is 10.4. The van der Waals surface area contributed by atoms with Gasteiger partial charge in [0, 0.05) is 0 Å². The Morgan fingerprint density at radius 1 is 0.917 bits per heavy atom. The van der Waals surface area contributed by atoms with Crippen molar-refractivity contribution < 1.29 is 22.0 Å². The van der Waals surface area contributed by atoms with Gasteiger partial charge in [-0.05, 0) is 0 Å². The molecule has 0 bridgehead atoms. The molecule has 12 heavy (non-hydrogen) atoms. The summed E-state index contributed by atoms with van der Waals surface area (Å²) in [5.74, 6) is -9.37. The second-order valence-corrected chi connectivity index (χ2v) is 1.82. The molecular weight excluding hydrogens is 185 g/mol. The first-order valence-electron chi connectivity index (χ1n) is 2.58. The molecule has 0 fully saturated rings. The van der Waals surface area contributed by atoms with Crippen molar-refractivity contribution in [2.75, 3.05) is 0 Å². The highest BCUT2D eigenvalue weighted by Gasteiger charge is 2.22. The maximum atomic E-state index is 12.1. The lowest BCUT2D eigenvalue weighted by atomic mass is 10.4. The van der Waals surface area contributed by atoms with Crippen LogP contribution in [0.2, 0.25) is 0 Å². The summed E-state index contributed by atoms with van der Waals surface area (Å²) < 4.78 is 60.2. The summed E-state index contributed by atoms with van der Waals surface area (Å²) in [5.41, 5.74) is -2.14. The van der Waals surface area contributed by atoms with E-state index in [4.69, 9.17) is 0 Å². The van der Waals surface area contributed by atoms with Gasteiger partial charge in [0.15, 0.2) is 0 Å². The molecule has 66 valence electrons. The highest BCUT2D eigenvalue weighted by Crippen LogP contribution is 2.07. The van der Waals surface area contributed by atoms with Crippen molar-refractivity contribution in [1.29, 1.82) is 0 Å². The largest absolute Gasteiger partial charge is 0.283 e. The molecule has 0 saturated carbocycles. The molecule has 0 unspecified atom stereocenters. The second-order valence-electron chi connectivity index (χ2n) is 1.82. The average molecular weight is 185 g/mol. The molecule has 0 amide bonds. The number of aromatic nitrogens is 1. The zero-order valence-corrected chi connectivity index (χ0v) is 5.25. The second kappa shape index (κ2) is 2.58. The lowest BCUT2D eigenvalue weighted by Gasteiger charge is -1.98. The van der Waals surface area contributed by atoms with E-state index in [1.165, 1.54) is 0 Å². The Balaban J connectivity index is 3.73. The van der Waals surface area contributed by atoms with Crippen molar-refractivity contribution in [3.8, 4) is 0 Å². The van der Waals surface area contributed by atoms with E-state index in [2.05, 4.69) is 0 Å². The van der Waals surface area contributed by atoms with Gasteiger partial charge in [0.1, 0.15) is 0 Å². The lowest BCUT2D eigenvalue weighted by Crippen LogP contribution is -2.21. The molecule has 0 aliphatic heterocycles. The molecule has 0 N–H and O–H groups in total. The van der Waals surface area contributed by atoms with Gasteiger partial charge in [-0.1, -0.05) is 4.48 Å². The molecular formula is C5F5NO. The minimum absolute atomic E-state index is 1.52. The van der Waals surface area contributed by atoms with Gasteiger partial charge in [0.2, 0.25) is 11.6 Å². The third kappa shape index (κ3) is 0.973. The van der Waals surface area contributed by atoms with Crippen LogP contribution in [0.4, 0.5) is 22.0 Å². The lowest BCUT2D eigenvalue weighted by molar-refractivity contribution is 0.204. The van der Waals surface area contributed by atoms with E-state index in [0.29, 0.717) is 0 Å². The van der Waals surface area contributed by atoms with Gasteiger partial charge in [0.05, 0.1) is 0 Å². The van der Waals surface area contributed by atoms with E-state index in [0.717, 1.165) is 0 Å². The van der Waals surface area contributed by atoms with Crippen LogP contribution in [-0.2, 0) is 0 Å². The van der Waals surface area contributed by atoms with Crippen LogP contribution in [-0.4, -0.2) is 4.79 Å². The summed E-state index contributed by atoms with van der Waals surface area (Å²) in [7, 11) is 0. The molecule has 1 rings (SSSR count). The topological polar surface area (TPSA) is 22.0 Å². The molecule has 0 aliphatic carbocycles. The molecule has 0 aliphatic rings. The highest BCUT2D eigenvalue weighted by molar-refractivity contribution is 5.02. The van der Waals surface area contributed by atoms with E-state index in [1.807, 2.05) is 0 Å². The first-order valence-corrected chi connectivity index (χ1v) is 2.58. The van der Waals surface area contributed by atoms with E-state index in [-0.39, 0.29) is 0 Å². The van der Waals surface area contributed by atoms with E-state index in [9.17, 15) is 26.8 Å². The predicted molar refractivity (Wildman–Crippen MR) is 27.0 cm³/mol. The summed E-state index contributed by atoms with van der Waals surface area (Å²) in [4.78, 5) is 8.63. The van der Waals surface area contributed by atoms with Crippen LogP contribution < -0.4 is 5.43 Å². The smallest absolute Gasteiger partial charge is 0.265 e. The van der Waals surface area contributed by atoms with Crippen molar-refractivity contribution in [2.24, 2.45) is 0 Å². The third-order valence-electron chi connectivity index (χ3n) is 1.11. The van der Waals surface area contributed by atoms with Crippen molar-refractivity contribution in [1.82, 2.24) is 4.79 Å². The van der Waals surface area contributed by atoms with Crippen LogP contribution >= 0.6 is 0 Å². The maximum absolute atomic E-state index is 12.1. The van der Waals surface area contributed by atoms with Gasteiger partial charge < -0.3 is 0 Å². The molecule has 1 aromatic rings. The molecule has 0 spiro atoms. The molecule has 0 aromatic carbocycles. The van der Waals surface area contributed by atoms with Crippen molar-refractivity contribution in [2.45, 2.75) is 0 Å². The Morgan fingerprint density at radius 3 is 1.58 bits per heavy atom. The van der Waals surface area contributed by atoms with Gasteiger partial charge in [0.25, 0.3) is 17.3 Å². The first kappa shape index (κ1) is 8.69. The van der Waals surface area contributed by atoms with E-state index < -0.39 is 33.7 Å². The highest BCUT2D eigenvalue weighted by atomic mass is 19.2. The Kier molecular flexibility index (Phi) is 1.87. The van der Waals surface area contributed by atoms with Crippen LogP contribution in [0, 0.1) is 23.5 Å². The summed E-state index contributed by atoms with van der Waals surface area (Å²) in [6.07, 6.45) is 0. The van der Waals surface area contributed by atoms with Crippen LogP contribution in [0.3, 0.4) is 0 Å².